The van der Waals surface area contributed by atoms with Gasteiger partial charge < -0.3 is 9.64 Å². The minimum absolute atomic E-state index is 0.325. The second-order valence-electron chi connectivity index (χ2n) is 8.16. The molecule has 0 aromatic heterocycles. The van der Waals surface area contributed by atoms with E-state index in [1.165, 1.54) is 77.0 Å². The zero-order chi connectivity index (χ0) is 21.9. The molecule has 0 aliphatic heterocycles. The number of ether oxygens (including phenoxy) is 1. The summed E-state index contributed by atoms with van der Waals surface area (Å²) in [6.45, 7) is 5.14. The van der Waals surface area contributed by atoms with Crippen LogP contribution in [0.1, 0.15) is 114 Å². The Hall–Kier alpha value is -1.84. The van der Waals surface area contributed by atoms with Gasteiger partial charge in [0.25, 0.3) is 0 Å². The molecule has 0 saturated heterocycles. The number of esters is 1. The fourth-order valence-corrected chi connectivity index (χ4v) is 3.72. The summed E-state index contributed by atoms with van der Waals surface area (Å²) in [5.74, 6) is -0.325. The van der Waals surface area contributed by atoms with Crippen LogP contribution in [-0.2, 0) is 9.53 Å². The third-order valence-corrected chi connectivity index (χ3v) is 5.59. The van der Waals surface area contributed by atoms with Gasteiger partial charge in [0.1, 0.15) is 0 Å². The van der Waals surface area contributed by atoms with Crippen molar-refractivity contribution in [1.82, 2.24) is 0 Å². The predicted molar refractivity (Wildman–Crippen MR) is 126 cm³/mol. The van der Waals surface area contributed by atoms with Gasteiger partial charge in [0, 0.05) is 12.2 Å². The van der Waals surface area contributed by atoms with Crippen LogP contribution in [0.4, 0.5) is 5.69 Å². The van der Waals surface area contributed by atoms with E-state index in [2.05, 4.69) is 6.92 Å². The number of hydrogen-bond donors (Lipinski definition) is 0. The largest absolute Gasteiger partial charge is 0.462 e. The highest BCUT2D eigenvalue weighted by molar-refractivity contribution is 5.90. The highest BCUT2D eigenvalue weighted by Crippen LogP contribution is 2.17. The molecule has 0 saturated carbocycles. The molecule has 0 heterocycles. The molecule has 0 unspecified atom stereocenters. The molecule has 0 N–H and O–H groups in total. The molecule has 0 radical (unpaired) electrons. The van der Waals surface area contributed by atoms with Crippen molar-refractivity contribution in [3.63, 3.8) is 0 Å². The molecule has 1 rings (SSSR count). The second kappa shape index (κ2) is 18.0. The topological polar surface area (TPSA) is 46.6 Å². The van der Waals surface area contributed by atoms with Crippen LogP contribution >= 0.6 is 0 Å². The summed E-state index contributed by atoms with van der Waals surface area (Å²) in [5.41, 5.74) is 1.34. The molecular formula is C26H43NO3. The van der Waals surface area contributed by atoms with E-state index >= 15 is 0 Å². The van der Waals surface area contributed by atoms with E-state index in [9.17, 15) is 9.59 Å². The van der Waals surface area contributed by atoms with Gasteiger partial charge in [-0.1, -0.05) is 90.4 Å². The Morgan fingerprint density at radius 2 is 1.23 bits per heavy atom. The summed E-state index contributed by atoms with van der Waals surface area (Å²) in [6, 6.07) is 7.05. The molecular weight excluding hydrogens is 374 g/mol. The molecule has 0 bridgehead atoms. The van der Waals surface area contributed by atoms with Crippen molar-refractivity contribution in [3.05, 3.63) is 29.8 Å². The highest BCUT2D eigenvalue weighted by Gasteiger charge is 2.09. The van der Waals surface area contributed by atoms with E-state index in [0.29, 0.717) is 12.2 Å². The van der Waals surface area contributed by atoms with Gasteiger partial charge in [-0.15, -0.1) is 0 Å². The Labute approximate surface area is 184 Å². The standard InChI is InChI=1S/C26H43NO3/c1-3-5-6-7-8-9-10-11-12-13-14-15-16-17-22-27(23-28)25-20-18-24(19-21-25)26(29)30-4-2/h18-21,23H,3-17,22H2,1-2H3. The van der Waals surface area contributed by atoms with Crippen LogP contribution in [0.5, 0.6) is 0 Å². The second-order valence-corrected chi connectivity index (χ2v) is 8.16. The fraction of sp³-hybridized carbons (Fsp3) is 0.692. The van der Waals surface area contributed by atoms with Gasteiger partial charge in [-0.2, -0.15) is 0 Å². The van der Waals surface area contributed by atoms with Gasteiger partial charge in [-0.25, -0.2) is 4.79 Å². The quantitative estimate of drug-likeness (QED) is 0.135. The van der Waals surface area contributed by atoms with Crippen LogP contribution in [0, 0.1) is 0 Å². The summed E-state index contributed by atoms with van der Waals surface area (Å²) < 4.78 is 4.99. The first-order valence-electron chi connectivity index (χ1n) is 12.2. The van der Waals surface area contributed by atoms with Gasteiger partial charge in [-0.05, 0) is 37.6 Å². The van der Waals surface area contributed by atoms with E-state index in [4.69, 9.17) is 4.74 Å². The molecule has 0 aliphatic rings. The van der Waals surface area contributed by atoms with Crippen molar-refractivity contribution in [2.24, 2.45) is 0 Å². The van der Waals surface area contributed by atoms with Crippen LogP contribution in [0.15, 0.2) is 24.3 Å². The monoisotopic (exact) mass is 417 g/mol. The molecule has 0 fully saturated rings. The van der Waals surface area contributed by atoms with Crippen molar-refractivity contribution < 1.29 is 14.3 Å². The summed E-state index contributed by atoms with van der Waals surface area (Å²) in [7, 11) is 0. The number of rotatable bonds is 19. The lowest BCUT2D eigenvalue weighted by atomic mass is 10.0. The maximum Gasteiger partial charge on any atom is 0.338 e. The van der Waals surface area contributed by atoms with E-state index in [1.807, 2.05) is 12.1 Å². The third-order valence-electron chi connectivity index (χ3n) is 5.59. The van der Waals surface area contributed by atoms with Crippen LogP contribution in [0.3, 0.4) is 0 Å². The van der Waals surface area contributed by atoms with Gasteiger partial charge in [0.2, 0.25) is 6.41 Å². The minimum Gasteiger partial charge on any atom is -0.462 e. The number of unbranched alkanes of at least 4 members (excludes halogenated alkanes) is 13. The SMILES string of the molecule is CCCCCCCCCCCCCCCCN(C=O)c1ccc(C(=O)OCC)cc1. The first-order chi connectivity index (χ1) is 14.7. The third kappa shape index (κ3) is 12.0. The van der Waals surface area contributed by atoms with Crippen LogP contribution < -0.4 is 4.90 Å². The molecule has 1 aromatic carbocycles. The fourth-order valence-electron chi connectivity index (χ4n) is 3.72. The molecule has 1 amide bonds. The maximum atomic E-state index is 11.7. The normalized spacial score (nSPS) is 10.7. The Balaban J connectivity index is 2.05. The van der Waals surface area contributed by atoms with E-state index in [1.54, 1.807) is 24.0 Å². The summed E-state index contributed by atoms with van der Waals surface area (Å²) in [4.78, 5) is 24.9. The van der Waals surface area contributed by atoms with Crippen LogP contribution in [0.2, 0.25) is 0 Å². The van der Waals surface area contributed by atoms with E-state index in [-0.39, 0.29) is 5.97 Å². The Kier molecular flexibility index (Phi) is 15.7. The molecule has 4 nitrogen and oxygen atoms in total. The first-order valence-corrected chi connectivity index (χ1v) is 12.2. The van der Waals surface area contributed by atoms with Crippen LogP contribution in [0.25, 0.3) is 0 Å². The van der Waals surface area contributed by atoms with Crippen molar-refractivity contribution in [3.8, 4) is 0 Å². The number of amides is 1. The summed E-state index contributed by atoms with van der Waals surface area (Å²) in [6.07, 6.45) is 19.4. The lowest BCUT2D eigenvalue weighted by molar-refractivity contribution is -0.107. The van der Waals surface area contributed by atoms with Crippen LogP contribution in [-0.4, -0.2) is 25.5 Å². The lowest BCUT2D eigenvalue weighted by Crippen LogP contribution is -2.22. The number of carbonyl (C=O) groups excluding carboxylic acids is 2. The molecule has 30 heavy (non-hydrogen) atoms. The average Bonchev–Trinajstić information content (AvgIpc) is 2.77. The Bertz CT molecular complexity index is 556. The Morgan fingerprint density at radius 3 is 1.67 bits per heavy atom. The number of hydrogen-bond acceptors (Lipinski definition) is 3. The van der Waals surface area contributed by atoms with Crippen molar-refractivity contribution in [1.29, 1.82) is 0 Å². The van der Waals surface area contributed by atoms with Gasteiger partial charge in [0.05, 0.1) is 12.2 Å². The minimum atomic E-state index is -0.325. The zero-order valence-electron chi connectivity index (χ0n) is 19.4. The molecule has 0 aliphatic carbocycles. The predicted octanol–water partition coefficient (Wildman–Crippen LogP) is 7.31. The number of anilines is 1. The number of carbonyl (C=O) groups is 2. The smallest absolute Gasteiger partial charge is 0.338 e. The van der Waals surface area contributed by atoms with Gasteiger partial charge in [0.15, 0.2) is 0 Å². The lowest BCUT2D eigenvalue weighted by Gasteiger charge is -2.17. The highest BCUT2D eigenvalue weighted by atomic mass is 16.5. The zero-order valence-corrected chi connectivity index (χ0v) is 19.4. The van der Waals surface area contributed by atoms with Crippen molar-refractivity contribution in [2.45, 2.75) is 104 Å². The summed E-state index contributed by atoms with van der Waals surface area (Å²) >= 11 is 0. The average molecular weight is 418 g/mol. The molecule has 4 heteroatoms. The number of benzene rings is 1. The van der Waals surface area contributed by atoms with E-state index < -0.39 is 0 Å². The maximum absolute atomic E-state index is 11.7. The van der Waals surface area contributed by atoms with Crippen molar-refractivity contribution >= 4 is 18.1 Å². The molecule has 0 atom stereocenters. The summed E-state index contributed by atoms with van der Waals surface area (Å²) in [5, 5.41) is 0. The van der Waals surface area contributed by atoms with Gasteiger partial charge in [-0.3, -0.25) is 4.79 Å². The number of nitrogens with zero attached hydrogens (tertiary/aromatic N) is 1. The van der Waals surface area contributed by atoms with Crippen molar-refractivity contribution in [2.75, 3.05) is 18.1 Å². The molecule has 170 valence electrons. The van der Waals surface area contributed by atoms with E-state index in [0.717, 1.165) is 31.5 Å². The Morgan fingerprint density at radius 1 is 0.767 bits per heavy atom. The van der Waals surface area contributed by atoms with Gasteiger partial charge >= 0.3 is 5.97 Å². The first kappa shape index (κ1) is 26.2. The molecule has 1 aromatic rings. The molecule has 0 spiro atoms.